The van der Waals surface area contributed by atoms with Crippen LogP contribution in [0.4, 0.5) is 0 Å². The second-order valence-corrected chi connectivity index (χ2v) is 9.93. The van der Waals surface area contributed by atoms with Crippen LogP contribution in [0.1, 0.15) is 66.0 Å². The van der Waals surface area contributed by atoms with Crippen LogP contribution in [-0.2, 0) is 6.42 Å². The molecule has 0 aliphatic carbocycles. The van der Waals surface area contributed by atoms with Crippen molar-refractivity contribution in [1.29, 1.82) is 5.26 Å². The van der Waals surface area contributed by atoms with Crippen LogP contribution < -0.4 is 10.3 Å². The molecule has 190 valence electrons. The van der Waals surface area contributed by atoms with E-state index in [9.17, 15) is 9.59 Å². The number of aromatic nitrogens is 2. The van der Waals surface area contributed by atoms with Gasteiger partial charge in [-0.2, -0.15) is 5.26 Å². The molecule has 4 rings (SSSR count). The van der Waals surface area contributed by atoms with Crippen molar-refractivity contribution in [3.63, 3.8) is 0 Å². The second kappa shape index (κ2) is 11.1. The minimum atomic E-state index is -0.200. The zero-order chi connectivity index (χ0) is 25.8. The molecular weight excluding hydrogens is 452 g/mol. The quantitative estimate of drug-likeness (QED) is 0.430. The van der Waals surface area contributed by atoms with Crippen LogP contribution in [0.3, 0.4) is 0 Å². The van der Waals surface area contributed by atoms with Gasteiger partial charge in [-0.1, -0.05) is 18.2 Å². The van der Waals surface area contributed by atoms with Gasteiger partial charge < -0.3 is 19.2 Å². The summed E-state index contributed by atoms with van der Waals surface area (Å²) in [6.45, 7) is 8.98. The second-order valence-electron chi connectivity index (χ2n) is 9.93. The molecule has 1 aromatic carbocycles. The lowest BCUT2D eigenvalue weighted by atomic mass is 9.89. The van der Waals surface area contributed by atoms with Crippen molar-refractivity contribution in [2.75, 3.05) is 26.7 Å². The van der Waals surface area contributed by atoms with Crippen LogP contribution in [0.15, 0.2) is 35.1 Å². The number of ether oxygens (including phenoxy) is 1. The number of para-hydroxylation sites is 1. The molecule has 7 nitrogen and oxygen atoms in total. The fourth-order valence-corrected chi connectivity index (χ4v) is 5.81. The smallest absolute Gasteiger partial charge is 0.255 e. The Hall–Kier alpha value is -3.37. The molecule has 1 aliphatic heterocycles. The molecule has 1 fully saturated rings. The maximum Gasteiger partial charge on any atom is 0.255 e. The number of fused-ring (bicyclic) bond motifs is 1. The summed E-state index contributed by atoms with van der Waals surface area (Å²) in [5.74, 6) is 1.08. The van der Waals surface area contributed by atoms with Gasteiger partial charge >= 0.3 is 0 Å². The predicted molar refractivity (Wildman–Crippen MR) is 142 cm³/mol. The number of nitriles is 1. The number of methoxy groups -OCH3 is 1. The summed E-state index contributed by atoms with van der Waals surface area (Å²) >= 11 is 0. The Kier molecular flexibility index (Phi) is 7.95. The van der Waals surface area contributed by atoms with Crippen molar-refractivity contribution < 1.29 is 9.53 Å². The average Bonchev–Trinajstić information content (AvgIpc) is 3.17. The van der Waals surface area contributed by atoms with Gasteiger partial charge in [0.2, 0.25) is 0 Å². The lowest BCUT2D eigenvalue weighted by Gasteiger charge is -2.35. The number of likely N-dealkylation sites (tertiary alicyclic amines) is 1. The number of nitrogens with zero attached hydrogens (tertiary/aromatic N) is 3. The van der Waals surface area contributed by atoms with Gasteiger partial charge in [-0.3, -0.25) is 9.59 Å². The minimum absolute atomic E-state index is 0.0444. The fraction of sp³-hybridized carbons (Fsp3) is 0.483. The summed E-state index contributed by atoms with van der Waals surface area (Å²) in [6, 6.07) is 12.4. The number of Topliss-reactive ketones (excluding diaryl/α,β-unsaturated/α-hetero) is 1. The van der Waals surface area contributed by atoms with E-state index in [2.05, 4.69) is 33.5 Å². The maximum absolute atomic E-state index is 13.6. The molecule has 0 saturated carbocycles. The van der Waals surface area contributed by atoms with E-state index in [0.29, 0.717) is 30.1 Å². The number of aromatic amines is 1. The number of benzene rings is 1. The molecule has 0 unspecified atom stereocenters. The number of carbonyl (C=O) groups excluding carboxylic acids is 1. The lowest BCUT2D eigenvalue weighted by molar-refractivity contribution is 0.0983. The van der Waals surface area contributed by atoms with Gasteiger partial charge in [-0.25, -0.2) is 0 Å². The van der Waals surface area contributed by atoms with Crippen LogP contribution in [0, 0.1) is 31.1 Å². The molecular formula is C29H36N4O3. The average molecular weight is 489 g/mol. The van der Waals surface area contributed by atoms with Gasteiger partial charge in [-0.05, 0) is 71.2 Å². The van der Waals surface area contributed by atoms with Gasteiger partial charge in [0, 0.05) is 53.3 Å². The summed E-state index contributed by atoms with van der Waals surface area (Å²) in [7, 11) is 1.55. The number of nitrogens with one attached hydrogen (secondary N) is 1. The number of rotatable bonds is 9. The highest BCUT2D eigenvalue weighted by atomic mass is 16.5. The normalized spacial score (nSPS) is 15.6. The zero-order valence-corrected chi connectivity index (χ0v) is 21.8. The highest BCUT2D eigenvalue weighted by Gasteiger charge is 2.29. The molecule has 1 aliphatic rings. The molecule has 1 saturated heterocycles. The molecule has 3 heterocycles. The van der Waals surface area contributed by atoms with E-state index >= 15 is 0 Å². The van der Waals surface area contributed by atoms with Crippen molar-refractivity contribution in [3.8, 4) is 11.8 Å². The number of hydrogen-bond donors (Lipinski definition) is 1. The van der Waals surface area contributed by atoms with Crippen molar-refractivity contribution in [2.45, 2.75) is 58.9 Å². The zero-order valence-electron chi connectivity index (χ0n) is 21.8. The molecule has 1 N–H and O–H groups in total. The third-order valence-corrected chi connectivity index (χ3v) is 7.75. The first-order valence-electron chi connectivity index (χ1n) is 12.8. The highest BCUT2D eigenvalue weighted by Crippen LogP contribution is 2.36. The Labute approximate surface area is 212 Å². The van der Waals surface area contributed by atoms with E-state index in [0.717, 1.165) is 60.3 Å². The number of carbonyl (C=O) groups is 1. The van der Waals surface area contributed by atoms with Gasteiger partial charge in [-0.15, -0.1) is 0 Å². The Morgan fingerprint density at radius 3 is 2.67 bits per heavy atom. The molecule has 3 aromatic rings. The Morgan fingerprint density at radius 2 is 1.97 bits per heavy atom. The van der Waals surface area contributed by atoms with E-state index in [1.807, 2.05) is 32.0 Å². The molecule has 0 radical (unpaired) electrons. The maximum atomic E-state index is 13.6. The number of piperidine rings is 1. The number of hydrogen-bond acceptors (Lipinski definition) is 5. The van der Waals surface area contributed by atoms with Gasteiger partial charge in [0.25, 0.3) is 5.56 Å². The summed E-state index contributed by atoms with van der Waals surface area (Å²) in [6.07, 6.45) is 3.30. The van der Waals surface area contributed by atoms with Crippen LogP contribution in [0.25, 0.3) is 10.9 Å². The number of pyridine rings is 1. The third-order valence-electron chi connectivity index (χ3n) is 7.75. The van der Waals surface area contributed by atoms with Crippen molar-refractivity contribution in [3.05, 3.63) is 63.2 Å². The van der Waals surface area contributed by atoms with Gasteiger partial charge in [0.05, 0.1) is 18.7 Å². The predicted octanol–water partition coefficient (Wildman–Crippen LogP) is 4.96. The first kappa shape index (κ1) is 25.7. The Balaban J connectivity index is 1.58. The first-order chi connectivity index (χ1) is 17.3. The van der Waals surface area contributed by atoms with Gasteiger partial charge in [0.1, 0.15) is 5.75 Å². The molecule has 36 heavy (non-hydrogen) atoms. The summed E-state index contributed by atoms with van der Waals surface area (Å²) in [5.41, 5.74) is 3.87. The van der Waals surface area contributed by atoms with Crippen LogP contribution >= 0.6 is 0 Å². The fourth-order valence-electron chi connectivity index (χ4n) is 5.81. The lowest BCUT2D eigenvalue weighted by Crippen LogP contribution is -2.36. The SMILES string of the molecule is COc1cc(C)[nH]c(=O)c1CCC(=O)c1c(C)n([C@H](C)C2CCN(CCC#N)CC2)c2ccccc12. The highest BCUT2D eigenvalue weighted by molar-refractivity contribution is 6.09. The Morgan fingerprint density at radius 1 is 1.25 bits per heavy atom. The van der Waals surface area contributed by atoms with Crippen LogP contribution in [0.2, 0.25) is 0 Å². The molecule has 2 aromatic heterocycles. The van der Waals surface area contributed by atoms with Crippen LogP contribution in [0.5, 0.6) is 5.75 Å². The topological polar surface area (TPSA) is 91.1 Å². The van der Waals surface area contributed by atoms with Crippen molar-refractivity contribution in [2.24, 2.45) is 5.92 Å². The van der Waals surface area contributed by atoms with Crippen LogP contribution in [-0.4, -0.2) is 47.0 Å². The number of H-pyrrole nitrogens is 1. The molecule has 1 atom stereocenters. The summed E-state index contributed by atoms with van der Waals surface area (Å²) < 4.78 is 7.76. The molecule has 7 heteroatoms. The molecule has 0 amide bonds. The number of aryl methyl sites for hydroxylation is 1. The van der Waals surface area contributed by atoms with Crippen molar-refractivity contribution >= 4 is 16.7 Å². The molecule has 0 bridgehead atoms. The van der Waals surface area contributed by atoms with E-state index in [1.165, 1.54) is 0 Å². The van der Waals surface area contributed by atoms with E-state index < -0.39 is 0 Å². The third kappa shape index (κ3) is 5.10. The monoisotopic (exact) mass is 488 g/mol. The van der Waals surface area contributed by atoms with E-state index in [1.54, 1.807) is 13.2 Å². The van der Waals surface area contributed by atoms with Crippen molar-refractivity contribution in [1.82, 2.24) is 14.5 Å². The number of ketones is 1. The van der Waals surface area contributed by atoms with Gasteiger partial charge in [0.15, 0.2) is 5.78 Å². The minimum Gasteiger partial charge on any atom is -0.496 e. The molecule has 0 spiro atoms. The van der Waals surface area contributed by atoms with E-state index in [4.69, 9.17) is 10.00 Å². The largest absolute Gasteiger partial charge is 0.496 e. The van der Waals surface area contributed by atoms with E-state index in [-0.39, 0.29) is 23.8 Å². The Bertz CT molecular complexity index is 1340. The standard InChI is InChI=1S/C29H36N4O3/c1-19-18-27(36-4)24(29(35)31-19)10-11-26(34)28-21(3)33(25-9-6-5-8-23(25)28)20(2)22-12-16-32(17-13-22)15-7-14-30/h5-6,8-9,18,20,22H,7,10-13,15-17H2,1-4H3,(H,31,35)/t20-/m1/s1. The summed E-state index contributed by atoms with van der Waals surface area (Å²) in [4.78, 5) is 31.3. The summed E-state index contributed by atoms with van der Waals surface area (Å²) in [5, 5.41) is 9.86. The first-order valence-corrected chi connectivity index (χ1v) is 12.8.